The summed E-state index contributed by atoms with van der Waals surface area (Å²) in [5.41, 5.74) is 1.00. The highest BCUT2D eigenvalue weighted by Crippen LogP contribution is 2.23. The molecular formula is C20H28N4O4. The SMILES string of the molecule is Cc1ccc(C#N)c(C)c1NC(=NC(=O)OC(C)(C)C)NC(=O)OC(C)(C)C. The topological polar surface area (TPSA) is 113 Å². The number of carbonyl (C=O) groups excluding carboxylic acids is 2. The molecule has 0 spiro atoms. The third-order valence-electron chi connectivity index (χ3n) is 3.25. The van der Waals surface area contributed by atoms with Gasteiger partial charge in [0.15, 0.2) is 0 Å². The third kappa shape index (κ3) is 7.66. The van der Waals surface area contributed by atoms with Crippen molar-refractivity contribution >= 4 is 23.8 Å². The Morgan fingerprint density at radius 3 is 2.11 bits per heavy atom. The van der Waals surface area contributed by atoms with Gasteiger partial charge in [-0.2, -0.15) is 5.26 Å². The summed E-state index contributed by atoms with van der Waals surface area (Å²) in [6.07, 6.45) is -1.66. The van der Waals surface area contributed by atoms with Crippen LogP contribution in [0, 0.1) is 25.2 Å². The molecule has 2 amide bonds. The average Bonchev–Trinajstić information content (AvgIpc) is 2.47. The van der Waals surface area contributed by atoms with Gasteiger partial charge in [0, 0.05) is 5.69 Å². The average molecular weight is 388 g/mol. The van der Waals surface area contributed by atoms with Crippen molar-refractivity contribution in [1.29, 1.82) is 5.26 Å². The number of aryl methyl sites for hydroxylation is 1. The first-order valence-electron chi connectivity index (χ1n) is 8.81. The largest absolute Gasteiger partial charge is 0.444 e. The highest BCUT2D eigenvalue weighted by molar-refractivity contribution is 6.06. The molecule has 8 heteroatoms. The highest BCUT2D eigenvalue weighted by Gasteiger charge is 2.21. The molecule has 1 aromatic rings. The van der Waals surface area contributed by atoms with E-state index in [4.69, 9.17) is 9.47 Å². The predicted octanol–water partition coefficient (Wildman–Crippen LogP) is 4.40. The molecule has 0 unspecified atom stereocenters. The van der Waals surface area contributed by atoms with Crippen molar-refractivity contribution in [3.63, 3.8) is 0 Å². The maximum atomic E-state index is 12.2. The van der Waals surface area contributed by atoms with E-state index >= 15 is 0 Å². The fourth-order valence-corrected chi connectivity index (χ4v) is 2.14. The first-order valence-corrected chi connectivity index (χ1v) is 8.81. The van der Waals surface area contributed by atoms with Crippen LogP contribution in [0.2, 0.25) is 0 Å². The number of amides is 2. The Morgan fingerprint density at radius 2 is 1.61 bits per heavy atom. The molecule has 0 aliphatic rings. The molecule has 8 nitrogen and oxygen atoms in total. The lowest BCUT2D eigenvalue weighted by Crippen LogP contribution is -2.41. The summed E-state index contributed by atoms with van der Waals surface area (Å²) >= 11 is 0. The number of ether oxygens (including phenoxy) is 2. The standard InChI is InChI=1S/C20H28N4O4/c1-12-9-10-14(11-21)13(2)15(12)22-16(23-17(25)27-19(3,4)5)24-18(26)28-20(6,7)8/h9-10H,1-8H3,(H2,22,23,24,25,26). The molecule has 1 rings (SSSR count). The summed E-state index contributed by atoms with van der Waals surface area (Å²) in [4.78, 5) is 28.1. The van der Waals surface area contributed by atoms with Crippen LogP contribution < -0.4 is 10.6 Å². The zero-order valence-corrected chi connectivity index (χ0v) is 17.7. The first-order chi connectivity index (χ1) is 12.7. The Labute approximate surface area is 165 Å². The molecule has 0 aromatic heterocycles. The molecular weight excluding hydrogens is 360 g/mol. The number of nitrogens with one attached hydrogen (secondary N) is 2. The second-order valence-electron chi connectivity index (χ2n) is 8.23. The van der Waals surface area contributed by atoms with Crippen LogP contribution in [0.1, 0.15) is 58.2 Å². The van der Waals surface area contributed by atoms with E-state index in [1.807, 2.05) is 6.92 Å². The Morgan fingerprint density at radius 1 is 1.04 bits per heavy atom. The quantitative estimate of drug-likeness (QED) is 0.544. The summed E-state index contributed by atoms with van der Waals surface area (Å²) in [6.45, 7) is 13.9. The van der Waals surface area contributed by atoms with E-state index in [0.717, 1.165) is 5.56 Å². The van der Waals surface area contributed by atoms with E-state index in [-0.39, 0.29) is 5.96 Å². The van der Waals surface area contributed by atoms with E-state index in [0.29, 0.717) is 16.8 Å². The van der Waals surface area contributed by atoms with Crippen molar-refractivity contribution in [2.75, 3.05) is 5.32 Å². The maximum Gasteiger partial charge on any atom is 0.437 e. The van der Waals surface area contributed by atoms with Crippen molar-refractivity contribution in [2.45, 2.75) is 66.6 Å². The number of anilines is 1. The van der Waals surface area contributed by atoms with Gasteiger partial charge < -0.3 is 14.8 Å². The zero-order chi connectivity index (χ0) is 21.7. The van der Waals surface area contributed by atoms with Gasteiger partial charge in [-0.1, -0.05) is 6.07 Å². The summed E-state index contributed by atoms with van der Waals surface area (Å²) in [5, 5.41) is 14.6. The Kier molecular flexibility index (Phi) is 7.17. The minimum atomic E-state index is -0.877. The molecule has 28 heavy (non-hydrogen) atoms. The number of guanidine groups is 1. The van der Waals surface area contributed by atoms with E-state index < -0.39 is 23.4 Å². The third-order valence-corrected chi connectivity index (χ3v) is 3.25. The van der Waals surface area contributed by atoms with Crippen LogP contribution in [0.5, 0.6) is 0 Å². The maximum absolute atomic E-state index is 12.2. The second kappa shape index (κ2) is 8.74. The Hall–Kier alpha value is -3.08. The second-order valence-corrected chi connectivity index (χ2v) is 8.23. The van der Waals surface area contributed by atoms with Crippen LogP contribution >= 0.6 is 0 Å². The Bertz CT molecular complexity index is 824. The van der Waals surface area contributed by atoms with Crippen LogP contribution in [0.4, 0.5) is 15.3 Å². The molecule has 0 atom stereocenters. The van der Waals surface area contributed by atoms with Gasteiger partial charge in [-0.3, -0.25) is 5.32 Å². The van der Waals surface area contributed by atoms with Crippen LogP contribution in [0.25, 0.3) is 0 Å². The highest BCUT2D eigenvalue weighted by atomic mass is 16.6. The Balaban J connectivity index is 3.23. The number of nitriles is 1. The van der Waals surface area contributed by atoms with Crippen LogP contribution in [0.3, 0.4) is 0 Å². The minimum Gasteiger partial charge on any atom is -0.444 e. The van der Waals surface area contributed by atoms with E-state index in [1.165, 1.54) is 0 Å². The van der Waals surface area contributed by atoms with E-state index in [1.54, 1.807) is 60.6 Å². The van der Waals surface area contributed by atoms with Gasteiger partial charge in [0.2, 0.25) is 5.96 Å². The van der Waals surface area contributed by atoms with E-state index in [9.17, 15) is 14.9 Å². The number of rotatable bonds is 1. The number of hydrogen-bond donors (Lipinski definition) is 2. The molecule has 0 bridgehead atoms. The summed E-state index contributed by atoms with van der Waals surface area (Å²) in [6, 6.07) is 5.55. The summed E-state index contributed by atoms with van der Waals surface area (Å²) < 4.78 is 10.4. The van der Waals surface area contributed by atoms with E-state index in [2.05, 4.69) is 21.7 Å². The van der Waals surface area contributed by atoms with Crippen molar-refractivity contribution < 1.29 is 19.1 Å². The van der Waals surface area contributed by atoms with Gasteiger partial charge in [0.25, 0.3) is 0 Å². The molecule has 0 aliphatic carbocycles. The fourth-order valence-electron chi connectivity index (χ4n) is 2.14. The predicted molar refractivity (Wildman–Crippen MR) is 107 cm³/mol. The summed E-state index contributed by atoms with van der Waals surface area (Å²) in [5.74, 6) is -0.162. The number of carbonyl (C=O) groups is 2. The lowest BCUT2D eigenvalue weighted by molar-refractivity contribution is 0.0562. The number of hydrogen-bond acceptors (Lipinski definition) is 5. The molecule has 0 fully saturated rings. The van der Waals surface area contributed by atoms with Crippen LogP contribution in [0.15, 0.2) is 17.1 Å². The normalized spacial score (nSPS) is 12.0. The van der Waals surface area contributed by atoms with Gasteiger partial charge in [0.05, 0.1) is 11.6 Å². The van der Waals surface area contributed by atoms with Gasteiger partial charge in [-0.15, -0.1) is 4.99 Å². The van der Waals surface area contributed by atoms with Crippen LogP contribution in [-0.4, -0.2) is 29.3 Å². The summed E-state index contributed by atoms with van der Waals surface area (Å²) in [7, 11) is 0. The van der Waals surface area contributed by atoms with Gasteiger partial charge in [-0.25, -0.2) is 9.59 Å². The lowest BCUT2D eigenvalue weighted by atomic mass is 10.0. The number of benzene rings is 1. The zero-order valence-electron chi connectivity index (χ0n) is 17.7. The molecule has 0 radical (unpaired) electrons. The lowest BCUT2D eigenvalue weighted by Gasteiger charge is -2.22. The first kappa shape index (κ1) is 23.0. The van der Waals surface area contributed by atoms with Gasteiger partial charge >= 0.3 is 12.2 Å². The molecule has 152 valence electrons. The minimum absolute atomic E-state index is 0.162. The van der Waals surface area contributed by atoms with Crippen LogP contribution in [-0.2, 0) is 9.47 Å². The van der Waals surface area contributed by atoms with Crippen molar-refractivity contribution in [3.05, 3.63) is 28.8 Å². The van der Waals surface area contributed by atoms with Gasteiger partial charge in [0.1, 0.15) is 11.2 Å². The molecule has 0 saturated carbocycles. The van der Waals surface area contributed by atoms with Crippen molar-refractivity contribution in [2.24, 2.45) is 4.99 Å². The molecule has 2 N–H and O–H groups in total. The fraction of sp³-hybridized carbons (Fsp3) is 0.500. The molecule has 0 heterocycles. The number of alkyl carbamates (subject to hydrolysis) is 1. The molecule has 0 aliphatic heterocycles. The van der Waals surface area contributed by atoms with Crippen molar-refractivity contribution in [3.8, 4) is 6.07 Å². The monoisotopic (exact) mass is 388 g/mol. The number of aliphatic imine (C=N–C) groups is 1. The number of nitrogens with zero attached hydrogens (tertiary/aromatic N) is 2. The molecule has 1 aromatic carbocycles. The van der Waals surface area contributed by atoms with Gasteiger partial charge in [-0.05, 0) is 72.6 Å². The molecule has 0 saturated heterocycles. The smallest absolute Gasteiger partial charge is 0.437 e. The van der Waals surface area contributed by atoms with Crippen molar-refractivity contribution in [1.82, 2.24) is 5.32 Å².